The molecule has 2 aromatic heterocycles. The van der Waals surface area contributed by atoms with E-state index in [2.05, 4.69) is 46.5 Å². The van der Waals surface area contributed by atoms with Crippen molar-refractivity contribution in [3.8, 4) is 11.3 Å². The normalized spacial score (nSPS) is 11.5. The summed E-state index contributed by atoms with van der Waals surface area (Å²) in [6.07, 6.45) is 2.92. The van der Waals surface area contributed by atoms with E-state index in [1.54, 1.807) is 24.5 Å². The standard InChI is InChI=1S/C27H26F3N3S/c1-19-9-11-20(12-10-19)6-3-2-4-7-21-13-14-23(16-24(21)27(28,29)30)32-26-33-25(18-34-26)22-8-5-15-31-17-22/h5,8-18H,2-4,6-7H2,1H3,(H,32,33). The molecule has 0 fully saturated rings. The van der Waals surface area contributed by atoms with Gasteiger partial charge in [0.15, 0.2) is 5.13 Å². The molecule has 0 radical (unpaired) electrons. The third kappa shape index (κ3) is 6.44. The Morgan fingerprint density at radius 3 is 2.47 bits per heavy atom. The Labute approximate surface area is 201 Å². The number of aromatic nitrogens is 2. The molecule has 0 aliphatic rings. The summed E-state index contributed by atoms with van der Waals surface area (Å²) in [5.74, 6) is 0. The molecule has 7 heteroatoms. The fourth-order valence-electron chi connectivity index (χ4n) is 3.81. The van der Waals surface area contributed by atoms with Crippen LogP contribution in [0.3, 0.4) is 0 Å². The molecule has 2 heterocycles. The summed E-state index contributed by atoms with van der Waals surface area (Å²) in [6, 6.07) is 16.6. The van der Waals surface area contributed by atoms with E-state index in [4.69, 9.17) is 0 Å². The topological polar surface area (TPSA) is 37.8 Å². The monoisotopic (exact) mass is 481 g/mol. The zero-order valence-corrected chi connectivity index (χ0v) is 19.7. The van der Waals surface area contributed by atoms with Gasteiger partial charge in [-0.1, -0.05) is 42.3 Å². The molecule has 0 aliphatic heterocycles. The summed E-state index contributed by atoms with van der Waals surface area (Å²) in [5.41, 5.74) is 4.22. The van der Waals surface area contributed by atoms with Gasteiger partial charge in [0.1, 0.15) is 0 Å². The molecule has 0 aliphatic carbocycles. The van der Waals surface area contributed by atoms with Crippen LogP contribution in [0.4, 0.5) is 24.0 Å². The highest BCUT2D eigenvalue weighted by Crippen LogP contribution is 2.36. The lowest BCUT2D eigenvalue weighted by atomic mass is 9.98. The first-order valence-electron chi connectivity index (χ1n) is 11.3. The second-order valence-corrected chi connectivity index (χ2v) is 9.18. The molecule has 4 rings (SSSR count). The van der Waals surface area contributed by atoms with Crippen molar-refractivity contribution in [3.63, 3.8) is 0 Å². The van der Waals surface area contributed by atoms with Crippen LogP contribution in [-0.2, 0) is 19.0 Å². The average molecular weight is 482 g/mol. The molecule has 34 heavy (non-hydrogen) atoms. The van der Waals surface area contributed by atoms with Crippen molar-refractivity contribution in [1.29, 1.82) is 0 Å². The van der Waals surface area contributed by atoms with Crippen molar-refractivity contribution in [2.75, 3.05) is 5.32 Å². The lowest BCUT2D eigenvalue weighted by molar-refractivity contribution is -0.138. The van der Waals surface area contributed by atoms with E-state index in [1.807, 2.05) is 17.5 Å². The van der Waals surface area contributed by atoms with Crippen LogP contribution in [0.1, 0.15) is 41.5 Å². The molecule has 2 aromatic carbocycles. The predicted octanol–water partition coefficient (Wildman–Crippen LogP) is 8.23. The van der Waals surface area contributed by atoms with Gasteiger partial charge in [0.2, 0.25) is 0 Å². The highest BCUT2D eigenvalue weighted by atomic mass is 32.1. The number of anilines is 2. The van der Waals surface area contributed by atoms with Gasteiger partial charge in [-0.15, -0.1) is 11.3 Å². The molecule has 0 bridgehead atoms. The van der Waals surface area contributed by atoms with Crippen LogP contribution in [0, 0.1) is 6.92 Å². The van der Waals surface area contributed by atoms with Gasteiger partial charge >= 0.3 is 6.18 Å². The fraction of sp³-hybridized carbons (Fsp3) is 0.259. The van der Waals surface area contributed by atoms with Crippen LogP contribution >= 0.6 is 11.3 Å². The summed E-state index contributed by atoms with van der Waals surface area (Å²) in [7, 11) is 0. The van der Waals surface area contributed by atoms with Crippen LogP contribution in [-0.4, -0.2) is 9.97 Å². The van der Waals surface area contributed by atoms with Crippen LogP contribution in [0.5, 0.6) is 0 Å². The zero-order chi connectivity index (χ0) is 24.0. The average Bonchev–Trinajstić information content (AvgIpc) is 3.29. The number of thiazole rings is 1. The van der Waals surface area contributed by atoms with Crippen molar-refractivity contribution in [3.05, 3.63) is 94.6 Å². The Balaban J connectivity index is 1.37. The maximum Gasteiger partial charge on any atom is 0.416 e. The first-order valence-corrected chi connectivity index (χ1v) is 12.1. The Kier molecular flexibility index (Phi) is 7.63. The number of hydrogen-bond donors (Lipinski definition) is 1. The minimum atomic E-state index is -4.40. The molecule has 0 unspecified atom stereocenters. The van der Waals surface area contributed by atoms with E-state index in [0.717, 1.165) is 36.9 Å². The molecule has 0 amide bonds. The summed E-state index contributed by atoms with van der Waals surface area (Å²) in [5, 5.41) is 5.41. The minimum Gasteiger partial charge on any atom is -0.332 e. The Morgan fingerprint density at radius 2 is 1.74 bits per heavy atom. The number of nitrogens with zero attached hydrogens (tertiary/aromatic N) is 2. The largest absolute Gasteiger partial charge is 0.416 e. The maximum absolute atomic E-state index is 13.8. The molecule has 0 spiro atoms. The van der Waals surface area contributed by atoms with Crippen LogP contribution in [0.25, 0.3) is 11.3 Å². The zero-order valence-electron chi connectivity index (χ0n) is 18.9. The Hall–Kier alpha value is -3.19. The lowest BCUT2D eigenvalue weighted by Gasteiger charge is -2.15. The number of benzene rings is 2. The highest BCUT2D eigenvalue weighted by molar-refractivity contribution is 7.14. The SMILES string of the molecule is Cc1ccc(CCCCCc2ccc(Nc3nc(-c4cccnc4)cs3)cc2C(F)(F)F)cc1. The molecule has 0 atom stereocenters. The molecule has 1 N–H and O–H groups in total. The van der Waals surface area contributed by atoms with Gasteiger partial charge in [-0.2, -0.15) is 13.2 Å². The third-order valence-corrected chi connectivity index (χ3v) is 6.42. The van der Waals surface area contributed by atoms with Crippen molar-refractivity contribution >= 4 is 22.2 Å². The third-order valence-electron chi connectivity index (χ3n) is 5.66. The number of hydrogen-bond acceptors (Lipinski definition) is 4. The molecule has 3 nitrogen and oxygen atoms in total. The van der Waals surface area contributed by atoms with Gasteiger partial charge in [0, 0.05) is 29.0 Å². The molecule has 4 aromatic rings. The van der Waals surface area contributed by atoms with E-state index < -0.39 is 11.7 Å². The second-order valence-electron chi connectivity index (χ2n) is 8.32. The van der Waals surface area contributed by atoms with Crippen molar-refractivity contribution < 1.29 is 13.2 Å². The highest BCUT2D eigenvalue weighted by Gasteiger charge is 2.33. The van der Waals surface area contributed by atoms with E-state index in [9.17, 15) is 13.2 Å². The Bertz CT molecular complexity index is 1200. The van der Waals surface area contributed by atoms with Gasteiger partial charge in [-0.05, 0) is 68.0 Å². The second kappa shape index (κ2) is 10.8. The van der Waals surface area contributed by atoms with Crippen molar-refractivity contribution in [1.82, 2.24) is 9.97 Å². The summed E-state index contributed by atoms with van der Waals surface area (Å²) in [6.45, 7) is 2.05. The quantitative estimate of drug-likeness (QED) is 0.245. The summed E-state index contributed by atoms with van der Waals surface area (Å²) < 4.78 is 41.3. The maximum atomic E-state index is 13.8. The number of halogens is 3. The summed E-state index contributed by atoms with van der Waals surface area (Å²) in [4.78, 5) is 8.55. The van der Waals surface area contributed by atoms with E-state index in [-0.39, 0.29) is 0 Å². The number of aryl methyl sites for hydroxylation is 3. The van der Waals surface area contributed by atoms with Crippen LogP contribution in [0.2, 0.25) is 0 Å². The van der Waals surface area contributed by atoms with E-state index >= 15 is 0 Å². The molecular weight excluding hydrogens is 455 g/mol. The van der Waals surface area contributed by atoms with Gasteiger partial charge in [-0.3, -0.25) is 4.98 Å². The van der Waals surface area contributed by atoms with Crippen molar-refractivity contribution in [2.45, 2.75) is 45.2 Å². The number of alkyl halides is 3. The molecule has 176 valence electrons. The van der Waals surface area contributed by atoms with E-state index in [0.29, 0.717) is 22.8 Å². The smallest absolute Gasteiger partial charge is 0.332 e. The first-order chi connectivity index (χ1) is 16.4. The van der Waals surface area contributed by atoms with Crippen LogP contribution in [0.15, 0.2) is 72.4 Å². The Morgan fingerprint density at radius 1 is 0.941 bits per heavy atom. The number of pyridine rings is 1. The molecular formula is C27H26F3N3S. The number of unbranched alkanes of at least 4 members (excludes halogenated alkanes) is 2. The number of nitrogens with one attached hydrogen (secondary N) is 1. The predicted molar refractivity (Wildman–Crippen MR) is 133 cm³/mol. The van der Waals surface area contributed by atoms with Gasteiger partial charge in [0.05, 0.1) is 11.3 Å². The molecule has 0 saturated heterocycles. The summed E-state index contributed by atoms with van der Waals surface area (Å²) >= 11 is 1.34. The first kappa shape index (κ1) is 24.0. The van der Waals surface area contributed by atoms with Gasteiger partial charge in [-0.25, -0.2) is 4.98 Å². The lowest BCUT2D eigenvalue weighted by Crippen LogP contribution is -2.10. The van der Waals surface area contributed by atoms with Gasteiger partial charge < -0.3 is 5.32 Å². The fourth-order valence-corrected chi connectivity index (χ4v) is 4.55. The van der Waals surface area contributed by atoms with E-state index in [1.165, 1.54) is 28.5 Å². The minimum absolute atomic E-state index is 0.337. The van der Waals surface area contributed by atoms with Gasteiger partial charge in [0.25, 0.3) is 0 Å². The van der Waals surface area contributed by atoms with Crippen LogP contribution < -0.4 is 5.32 Å². The number of rotatable bonds is 9. The van der Waals surface area contributed by atoms with Crippen molar-refractivity contribution in [2.24, 2.45) is 0 Å². The molecule has 0 saturated carbocycles.